The summed E-state index contributed by atoms with van der Waals surface area (Å²) < 4.78 is 0. The fourth-order valence-electron chi connectivity index (χ4n) is 3.33. The Morgan fingerprint density at radius 3 is 2.08 bits per heavy atom. The molecule has 0 radical (unpaired) electrons. The molecule has 0 amide bonds. The van der Waals surface area contributed by atoms with Crippen molar-refractivity contribution in [2.75, 3.05) is 0 Å². The van der Waals surface area contributed by atoms with E-state index >= 15 is 0 Å². The molecule has 0 aromatic carbocycles. The molecule has 2 aliphatic carbocycles. The van der Waals surface area contributed by atoms with E-state index in [4.69, 9.17) is 5.73 Å². The van der Waals surface area contributed by atoms with Crippen LogP contribution >= 0.6 is 0 Å². The first-order valence-corrected chi connectivity index (χ1v) is 4.82. The maximum atomic E-state index is 10.1. The van der Waals surface area contributed by atoms with E-state index in [1.165, 1.54) is 6.42 Å². The first kappa shape index (κ1) is 8.52. The minimum atomic E-state index is -0.917. The molecule has 2 bridgehead atoms. The Kier molecular flexibility index (Phi) is 1.33. The van der Waals surface area contributed by atoms with E-state index in [0.29, 0.717) is 5.92 Å². The lowest BCUT2D eigenvalue weighted by atomic mass is 9.68. The fraction of sp³-hybridized carbons (Fsp3) is 1.00. The Labute approximate surface area is 74.1 Å². The number of aliphatic hydroxyl groups is 1. The first-order valence-electron chi connectivity index (χ1n) is 4.82. The Bertz CT molecular complexity index is 222. The topological polar surface area (TPSA) is 46.2 Å². The molecule has 2 rings (SSSR count). The molecule has 0 unspecified atom stereocenters. The highest BCUT2D eigenvalue weighted by Crippen LogP contribution is 2.67. The van der Waals surface area contributed by atoms with Crippen molar-refractivity contribution in [1.29, 1.82) is 0 Å². The lowest BCUT2D eigenvalue weighted by Gasteiger charge is -2.42. The average molecular weight is 169 g/mol. The minimum Gasteiger partial charge on any atom is -0.375 e. The lowest BCUT2D eigenvalue weighted by molar-refractivity contribution is -0.0844. The summed E-state index contributed by atoms with van der Waals surface area (Å²) in [7, 11) is 0. The molecule has 0 heterocycles. The van der Waals surface area contributed by atoms with Crippen LogP contribution < -0.4 is 5.73 Å². The van der Waals surface area contributed by atoms with E-state index in [-0.39, 0.29) is 10.8 Å². The van der Waals surface area contributed by atoms with Gasteiger partial charge < -0.3 is 10.8 Å². The molecule has 0 saturated heterocycles. The summed E-state index contributed by atoms with van der Waals surface area (Å²) in [5.41, 5.74) is 5.17. The maximum absolute atomic E-state index is 10.1. The number of fused-ring (bicyclic) bond motifs is 2. The van der Waals surface area contributed by atoms with Gasteiger partial charge in [0.25, 0.3) is 0 Å². The smallest absolute Gasteiger partial charge is 0.119 e. The summed E-state index contributed by atoms with van der Waals surface area (Å²) in [6, 6.07) is 0. The zero-order valence-electron chi connectivity index (χ0n) is 8.22. The molecule has 3 N–H and O–H groups in total. The second-order valence-electron chi connectivity index (χ2n) is 5.42. The summed E-state index contributed by atoms with van der Waals surface area (Å²) in [4.78, 5) is 0. The van der Waals surface area contributed by atoms with E-state index in [1.807, 2.05) is 0 Å². The fourth-order valence-corrected chi connectivity index (χ4v) is 3.33. The van der Waals surface area contributed by atoms with Crippen molar-refractivity contribution in [2.24, 2.45) is 22.5 Å². The van der Waals surface area contributed by atoms with Crippen molar-refractivity contribution in [3.8, 4) is 0 Å². The highest BCUT2D eigenvalue weighted by Gasteiger charge is 2.67. The van der Waals surface area contributed by atoms with Gasteiger partial charge >= 0.3 is 0 Å². The monoisotopic (exact) mass is 169 g/mol. The van der Waals surface area contributed by atoms with Crippen LogP contribution in [0.15, 0.2) is 0 Å². The van der Waals surface area contributed by atoms with Gasteiger partial charge in [-0.1, -0.05) is 20.8 Å². The molecule has 3 atom stereocenters. The van der Waals surface area contributed by atoms with E-state index in [0.717, 1.165) is 12.8 Å². The van der Waals surface area contributed by atoms with Gasteiger partial charge in [-0.15, -0.1) is 0 Å². The molecule has 0 aliphatic heterocycles. The van der Waals surface area contributed by atoms with Crippen molar-refractivity contribution in [1.82, 2.24) is 0 Å². The van der Waals surface area contributed by atoms with Crippen LogP contribution in [-0.2, 0) is 0 Å². The Morgan fingerprint density at radius 2 is 1.92 bits per heavy atom. The van der Waals surface area contributed by atoms with Crippen molar-refractivity contribution >= 4 is 0 Å². The molecule has 0 aromatic rings. The van der Waals surface area contributed by atoms with Gasteiger partial charge in [-0.05, 0) is 30.6 Å². The van der Waals surface area contributed by atoms with Gasteiger partial charge in [0, 0.05) is 5.41 Å². The second-order valence-corrected chi connectivity index (χ2v) is 5.42. The van der Waals surface area contributed by atoms with Crippen LogP contribution in [0.2, 0.25) is 0 Å². The van der Waals surface area contributed by atoms with Gasteiger partial charge in [-0.3, -0.25) is 0 Å². The van der Waals surface area contributed by atoms with Gasteiger partial charge in [-0.2, -0.15) is 0 Å². The molecule has 2 saturated carbocycles. The summed E-state index contributed by atoms with van der Waals surface area (Å²) in [6.07, 6.45) is 3.11. The van der Waals surface area contributed by atoms with Gasteiger partial charge in [0.1, 0.15) is 5.72 Å². The third kappa shape index (κ3) is 0.647. The lowest BCUT2D eigenvalue weighted by Crippen LogP contribution is -2.54. The van der Waals surface area contributed by atoms with Crippen LogP contribution in [0.25, 0.3) is 0 Å². The number of hydrogen-bond acceptors (Lipinski definition) is 2. The van der Waals surface area contributed by atoms with Crippen LogP contribution in [0.5, 0.6) is 0 Å². The molecule has 2 heteroatoms. The van der Waals surface area contributed by atoms with E-state index in [9.17, 15) is 5.11 Å². The third-order valence-electron chi connectivity index (χ3n) is 4.95. The van der Waals surface area contributed by atoms with Crippen molar-refractivity contribution in [2.45, 2.75) is 45.8 Å². The average Bonchev–Trinajstić information content (AvgIpc) is 2.18. The third-order valence-corrected chi connectivity index (χ3v) is 4.95. The van der Waals surface area contributed by atoms with Crippen molar-refractivity contribution in [3.63, 3.8) is 0 Å². The Hall–Kier alpha value is -0.0800. The zero-order chi connectivity index (χ0) is 9.20. The summed E-state index contributed by atoms with van der Waals surface area (Å²) in [6.45, 7) is 6.63. The predicted molar refractivity (Wildman–Crippen MR) is 48.4 cm³/mol. The van der Waals surface area contributed by atoms with Crippen LogP contribution in [0.4, 0.5) is 0 Å². The number of rotatable bonds is 0. The first-order chi connectivity index (χ1) is 5.31. The van der Waals surface area contributed by atoms with Gasteiger partial charge in [0.2, 0.25) is 0 Å². The Morgan fingerprint density at radius 1 is 1.33 bits per heavy atom. The second kappa shape index (κ2) is 1.88. The highest BCUT2D eigenvalue weighted by atomic mass is 16.3. The molecule has 2 aliphatic rings. The van der Waals surface area contributed by atoms with Crippen molar-refractivity contribution < 1.29 is 5.11 Å². The highest BCUT2D eigenvalue weighted by molar-refractivity contribution is 5.15. The molecule has 0 spiro atoms. The number of nitrogens with two attached hydrogens (primary N) is 1. The molecule has 2 fully saturated rings. The molecule has 2 nitrogen and oxygen atoms in total. The summed E-state index contributed by atoms with van der Waals surface area (Å²) >= 11 is 0. The SMILES string of the molecule is CC1(C)[C@@H]2CC[C@@]1(C)[C@](N)(O)C2. The van der Waals surface area contributed by atoms with Crippen molar-refractivity contribution in [3.05, 3.63) is 0 Å². The molecular weight excluding hydrogens is 150 g/mol. The maximum Gasteiger partial charge on any atom is 0.119 e. The summed E-state index contributed by atoms with van der Waals surface area (Å²) in [5, 5.41) is 10.1. The standard InChI is InChI=1S/C10H19NO/c1-8(2)7-4-5-9(8,3)10(11,12)6-7/h7,12H,4-6,11H2,1-3H3/t7-,9-,10-/m1/s1. The zero-order valence-corrected chi connectivity index (χ0v) is 8.22. The largest absolute Gasteiger partial charge is 0.375 e. The van der Waals surface area contributed by atoms with E-state index < -0.39 is 5.72 Å². The predicted octanol–water partition coefficient (Wildman–Crippen LogP) is 1.48. The quantitative estimate of drug-likeness (QED) is 0.539. The molecular formula is C10H19NO. The number of hydrogen-bond donors (Lipinski definition) is 2. The molecule has 70 valence electrons. The van der Waals surface area contributed by atoms with Gasteiger partial charge in [0.05, 0.1) is 0 Å². The van der Waals surface area contributed by atoms with Crippen LogP contribution in [0, 0.1) is 16.7 Å². The normalized spacial score (nSPS) is 56.2. The minimum absolute atomic E-state index is 0.0648. The van der Waals surface area contributed by atoms with E-state index in [2.05, 4.69) is 20.8 Å². The Balaban J connectivity index is 2.47. The van der Waals surface area contributed by atoms with Gasteiger partial charge in [0.15, 0.2) is 0 Å². The molecule has 0 aromatic heterocycles. The van der Waals surface area contributed by atoms with Crippen LogP contribution in [-0.4, -0.2) is 10.8 Å². The van der Waals surface area contributed by atoms with Crippen LogP contribution in [0.1, 0.15) is 40.0 Å². The molecule has 12 heavy (non-hydrogen) atoms. The summed E-state index contributed by atoms with van der Waals surface area (Å²) in [5.74, 6) is 0.623. The van der Waals surface area contributed by atoms with E-state index in [1.54, 1.807) is 0 Å². The van der Waals surface area contributed by atoms with Crippen LogP contribution in [0.3, 0.4) is 0 Å². The van der Waals surface area contributed by atoms with Gasteiger partial charge in [-0.25, -0.2) is 0 Å².